The van der Waals surface area contributed by atoms with E-state index in [1.165, 1.54) is 12.3 Å². The lowest BCUT2D eigenvalue weighted by Crippen LogP contribution is -2.09. The largest absolute Gasteiger partial charge is 0.302 e. The molecule has 0 saturated carbocycles. The molecule has 1 aromatic rings. The van der Waals surface area contributed by atoms with Gasteiger partial charge in [-0.25, -0.2) is 9.97 Å². The summed E-state index contributed by atoms with van der Waals surface area (Å²) in [6.07, 6.45) is 1.44. The summed E-state index contributed by atoms with van der Waals surface area (Å²) < 4.78 is 0. The fraction of sp³-hybridized carbons (Fsp3) is 0. The zero-order valence-corrected chi connectivity index (χ0v) is 8.56. The molecule has 0 unspecified atom stereocenters. The number of nitrogens with zero attached hydrogens (tertiary/aromatic N) is 2. The molecule has 6 heteroatoms. The Kier molecular flexibility index (Phi) is 3.68. The van der Waals surface area contributed by atoms with E-state index in [9.17, 15) is 4.79 Å². The number of hydrogen-bond donors (Lipinski definition) is 1. The molecule has 1 heterocycles. The van der Waals surface area contributed by atoms with Gasteiger partial charge in [-0.2, -0.15) is 0 Å². The second kappa shape index (κ2) is 4.80. The quantitative estimate of drug-likeness (QED) is 0.614. The molecule has 0 aromatic carbocycles. The first-order chi connectivity index (χ1) is 6.22. The summed E-state index contributed by atoms with van der Waals surface area (Å²) in [4.78, 5) is 20.6. The maximum absolute atomic E-state index is 10.9. The molecule has 13 heavy (non-hydrogen) atoms. The zero-order valence-electron chi connectivity index (χ0n) is 6.21. The van der Waals surface area contributed by atoms with Crippen molar-refractivity contribution in [1.82, 2.24) is 9.97 Å². The number of nitrogens with one attached hydrogen (secondary N) is 1. The molecule has 0 radical (unpaired) electrons. The first-order valence-electron chi connectivity index (χ1n) is 3.13. The molecule has 0 saturated heterocycles. The molecular formula is C7H3BrClN3O. The summed E-state index contributed by atoms with van der Waals surface area (Å²) in [5, 5.41) is 2.48. The van der Waals surface area contributed by atoms with Crippen LogP contribution < -0.4 is 5.32 Å². The van der Waals surface area contributed by atoms with E-state index in [0.29, 0.717) is 5.82 Å². The van der Waals surface area contributed by atoms with Crippen LogP contribution in [0.3, 0.4) is 0 Å². The number of carbonyl (C=O) groups is 1. The second-order valence-corrected chi connectivity index (χ2v) is 2.62. The predicted molar refractivity (Wildman–Crippen MR) is 52.4 cm³/mol. The molecule has 0 aliphatic rings. The standard InChI is InChI=1S/C7H3BrClN3O/c8-3-1-6(13)11-5-2-4-10-7(9)12-5/h2,4H,(H,10,11,12,13). The summed E-state index contributed by atoms with van der Waals surface area (Å²) in [5.41, 5.74) is 0. The Morgan fingerprint density at radius 2 is 2.46 bits per heavy atom. The van der Waals surface area contributed by atoms with Gasteiger partial charge in [0.1, 0.15) is 5.82 Å². The van der Waals surface area contributed by atoms with Gasteiger partial charge in [0, 0.05) is 28.0 Å². The molecule has 0 fully saturated rings. The fourth-order valence-corrected chi connectivity index (χ4v) is 0.922. The first kappa shape index (κ1) is 9.96. The minimum atomic E-state index is -0.466. The second-order valence-electron chi connectivity index (χ2n) is 1.88. The number of halogens is 2. The van der Waals surface area contributed by atoms with E-state index in [1.54, 1.807) is 0 Å². The average Bonchev–Trinajstić information content (AvgIpc) is 2.04. The zero-order chi connectivity index (χ0) is 9.68. The highest BCUT2D eigenvalue weighted by Crippen LogP contribution is 2.04. The van der Waals surface area contributed by atoms with Crippen molar-refractivity contribution in [3.8, 4) is 10.8 Å². The van der Waals surface area contributed by atoms with E-state index < -0.39 is 5.91 Å². The van der Waals surface area contributed by atoms with Crippen molar-refractivity contribution in [2.24, 2.45) is 0 Å². The summed E-state index contributed by atoms with van der Waals surface area (Å²) in [6, 6.07) is 1.51. The number of aromatic nitrogens is 2. The fourth-order valence-electron chi connectivity index (χ4n) is 0.595. The third-order valence-electron chi connectivity index (χ3n) is 1.03. The highest BCUT2D eigenvalue weighted by molar-refractivity contribution is 9.12. The molecule has 0 spiro atoms. The molecule has 1 N–H and O–H groups in total. The van der Waals surface area contributed by atoms with Crippen molar-refractivity contribution >= 4 is 39.3 Å². The van der Waals surface area contributed by atoms with Crippen LogP contribution in [0, 0.1) is 10.8 Å². The molecule has 66 valence electrons. The molecule has 0 atom stereocenters. The number of carbonyl (C=O) groups excluding carboxylic acids is 1. The van der Waals surface area contributed by atoms with Gasteiger partial charge >= 0.3 is 5.91 Å². The Bertz CT molecular complexity index is 385. The molecule has 0 bridgehead atoms. The summed E-state index contributed by atoms with van der Waals surface area (Å²) in [7, 11) is 0. The predicted octanol–water partition coefficient (Wildman–Crippen LogP) is 1.42. The monoisotopic (exact) mass is 259 g/mol. The van der Waals surface area contributed by atoms with Gasteiger partial charge in [-0.1, -0.05) is 0 Å². The van der Waals surface area contributed by atoms with Gasteiger partial charge < -0.3 is 0 Å². The van der Waals surface area contributed by atoms with E-state index in [1.807, 2.05) is 0 Å². The van der Waals surface area contributed by atoms with E-state index in [0.717, 1.165) is 0 Å². The van der Waals surface area contributed by atoms with Crippen LogP contribution in [-0.4, -0.2) is 15.9 Å². The van der Waals surface area contributed by atoms with Gasteiger partial charge in [0.2, 0.25) is 5.28 Å². The van der Waals surface area contributed by atoms with Gasteiger partial charge in [-0.3, -0.25) is 10.1 Å². The minimum Gasteiger partial charge on any atom is -0.299 e. The normalized spacial score (nSPS) is 8.46. The lowest BCUT2D eigenvalue weighted by atomic mass is 10.5. The van der Waals surface area contributed by atoms with Gasteiger partial charge in [0.15, 0.2) is 0 Å². The van der Waals surface area contributed by atoms with Gasteiger partial charge in [-0.15, -0.1) is 0 Å². The van der Waals surface area contributed by atoms with Crippen molar-refractivity contribution < 1.29 is 4.79 Å². The topological polar surface area (TPSA) is 54.9 Å². The molecule has 1 rings (SSSR count). The third-order valence-corrected chi connectivity index (χ3v) is 1.41. The Labute approximate surface area is 87.8 Å². The van der Waals surface area contributed by atoms with Crippen molar-refractivity contribution in [2.45, 2.75) is 0 Å². The highest BCUT2D eigenvalue weighted by atomic mass is 79.9. The van der Waals surface area contributed by atoms with Crippen LogP contribution in [0.4, 0.5) is 5.82 Å². The first-order valence-corrected chi connectivity index (χ1v) is 4.30. The molecule has 0 aliphatic carbocycles. The maximum atomic E-state index is 10.9. The molecule has 1 aromatic heterocycles. The number of anilines is 1. The van der Waals surface area contributed by atoms with Crippen molar-refractivity contribution in [2.75, 3.05) is 5.32 Å². The summed E-state index contributed by atoms with van der Waals surface area (Å²) >= 11 is 8.28. The maximum Gasteiger partial charge on any atom is 0.302 e. The summed E-state index contributed by atoms with van der Waals surface area (Å²) in [5.74, 6) is 2.08. The van der Waals surface area contributed by atoms with Gasteiger partial charge in [0.25, 0.3) is 0 Å². The Morgan fingerprint density at radius 3 is 3.08 bits per heavy atom. The summed E-state index contributed by atoms with van der Waals surface area (Å²) in [6.45, 7) is 0. The van der Waals surface area contributed by atoms with Crippen LogP contribution >= 0.6 is 27.5 Å². The van der Waals surface area contributed by atoms with E-state index in [-0.39, 0.29) is 5.28 Å². The van der Waals surface area contributed by atoms with E-state index in [2.05, 4.69) is 42.0 Å². The van der Waals surface area contributed by atoms with E-state index in [4.69, 9.17) is 11.6 Å². The lowest BCUT2D eigenvalue weighted by Gasteiger charge is -1.97. The van der Waals surface area contributed by atoms with Crippen molar-refractivity contribution in [3.05, 3.63) is 17.5 Å². The van der Waals surface area contributed by atoms with Crippen LogP contribution in [0.1, 0.15) is 0 Å². The molecule has 4 nitrogen and oxygen atoms in total. The van der Waals surface area contributed by atoms with Crippen molar-refractivity contribution in [1.29, 1.82) is 0 Å². The Morgan fingerprint density at radius 1 is 1.69 bits per heavy atom. The lowest BCUT2D eigenvalue weighted by molar-refractivity contribution is -0.111. The van der Waals surface area contributed by atoms with Crippen LogP contribution in [-0.2, 0) is 4.79 Å². The van der Waals surface area contributed by atoms with Crippen molar-refractivity contribution in [3.63, 3.8) is 0 Å². The Balaban J connectivity index is 2.73. The smallest absolute Gasteiger partial charge is 0.299 e. The van der Waals surface area contributed by atoms with Gasteiger partial charge in [-0.05, 0) is 22.5 Å². The van der Waals surface area contributed by atoms with Crippen LogP contribution in [0.15, 0.2) is 12.3 Å². The number of hydrogen-bond acceptors (Lipinski definition) is 3. The third kappa shape index (κ3) is 3.40. The SMILES string of the molecule is O=C(C#CBr)Nc1ccnc(Cl)n1. The molecular weight excluding hydrogens is 257 g/mol. The van der Waals surface area contributed by atoms with E-state index >= 15 is 0 Å². The highest BCUT2D eigenvalue weighted by Gasteiger charge is 1.99. The molecule has 1 amide bonds. The molecule has 0 aliphatic heterocycles. The Hall–Kier alpha value is -1.12. The average molecular weight is 260 g/mol. The number of rotatable bonds is 1. The van der Waals surface area contributed by atoms with Gasteiger partial charge in [0.05, 0.1) is 0 Å². The van der Waals surface area contributed by atoms with Crippen LogP contribution in [0.2, 0.25) is 5.28 Å². The number of amides is 1. The van der Waals surface area contributed by atoms with Crippen LogP contribution in [0.5, 0.6) is 0 Å². The van der Waals surface area contributed by atoms with Crippen LogP contribution in [0.25, 0.3) is 0 Å². The minimum absolute atomic E-state index is 0.0737.